The van der Waals surface area contributed by atoms with E-state index >= 15 is 0 Å². The number of benzene rings is 2. The summed E-state index contributed by atoms with van der Waals surface area (Å²) >= 11 is 0. The summed E-state index contributed by atoms with van der Waals surface area (Å²) < 4.78 is 12.6. The number of hydrogen-bond donors (Lipinski definition) is 3. The van der Waals surface area contributed by atoms with E-state index in [0.717, 1.165) is 46.6 Å². The van der Waals surface area contributed by atoms with Crippen molar-refractivity contribution in [1.29, 1.82) is 0 Å². The molecule has 7 heteroatoms. The average molecular weight is 420 g/mol. The second kappa shape index (κ2) is 9.12. The topological polar surface area (TPSA) is 122 Å². The van der Waals surface area contributed by atoms with Gasteiger partial charge in [-0.2, -0.15) is 4.98 Å². The van der Waals surface area contributed by atoms with Crippen LogP contribution in [0, 0.1) is 0 Å². The predicted molar refractivity (Wildman–Crippen MR) is 124 cm³/mol. The molecule has 0 bridgehead atoms. The molecule has 1 fully saturated rings. The summed E-state index contributed by atoms with van der Waals surface area (Å²) in [5, 5.41) is 0. The van der Waals surface area contributed by atoms with Crippen LogP contribution in [-0.4, -0.2) is 22.7 Å². The van der Waals surface area contributed by atoms with Gasteiger partial charge in [-0.1, -0.05) is 12.1 Å². The quantitative estimate of drug-likeness (QED) is 0.490. The van der Waals surface area contributed by atoms with Gasteiger partial charge in [0.15, 0.2) is 0 Å². The second-order valence-corrected chi connectivity index (χ2v) is 7.87. The van der Waals surface area contributed by atoms with Crippen LogP contribution >= 0.6 is 0 Å². The molecule has 0 unspecified atom stereocenters. The Bertz CT molecular complexity index is 1060. The number of nitrogens with two attached hydrogens (primary N) is 3. The summed E-state index contributed by atoms with van der Waals surface area (Å²) in [5.74, 6) is 2.10. The molecule has 1 saturated carbocycles. The fourth-order valence-electron chi connectivity index (χ4n) is 4.06. The van der Waals surface area contributed by atoms with E-state index in [2.05, 4.69) is 16.0 Å². The number of aromatic nitrogens is 2. The number of nitrogens with zero attached hydrogens (tertiary/aromatic N) is 2. The van der Waals surface area contributed by atoms with Gasteiger partial charge in [-0.25, -0.2) is 4.98 Å². The first-order valence-electron chi connectivity index (χ1n) is 10.7. The lowest BCUT2D eigenvalue weighted by Crippen LogP contribution is -2.12. The molecule has 0 atom stereocenters. The van der Waals surface area contributed by atoms with Crippen molar-refractivity contribution in [3.63, 3.8) is 0 Å². The Balaban J connectivity index is 1.80. The molecule has 0 radical (unpaired) electrons. The molecule has 6 N–H and O–H groups in total. The number of nitrogen functional groups attached to an aromatic ring is 3. The molecule has 4 rings (SSSR count). The second-order valence-electron chi connectivity index (χ2n) is 7.87. The van der Waals surface area contributed by atoms with Gasteiger partial charge in [0.1, 0.15) is 17.3 Å². The van der Waals surface area contributed by atoms with Crippen LogP contribution in [0.5, 0.6) is 11.5 Å². The van der Waals surface area contributed by atoms with Gasteiger partial charge in [0.2, 0.25) is 5.95 Å². The van der Waals surface area contributed by atoms with Gasteiger partial charge in [-0.15, -0.1) is 0 Å². The Morgan fingerprint density at radius 2 is 1.81 bits per heavy atom. The van der Waals surface area contributed by atoms with Crippen LogP contribution in [0.2, 0.25) is 0 Å². The molecule has 0 saturated heterocycles. The van der Waals surface area contributed by atoms with Crippen LogP contribution in [-0.2, 0) is 6.42 Å². The first-order valence-corrected chi connectivity index (χ1v) is 10.7. The fraction of sp³-hybridized carbons (Fsp3) is 0.333. The summed E-state index contributed by atoms with van der Waals surface area (Å²) in [6.45, 7) is 2.51. The summed E-state index contributed by atoms with van der Waals surface area (Å²) in [6, 6.07) is 11.9. The summed E-state index contributed by atoms with van der Waals surface area (Å²) in [5.41, 5.74) is 22.2. The molecular weight excluding hydrogens is 390 g/mol. The number of anilines is 3. The average Bonchev–Trinajstić information content (AvgIpc) is 3.23. The molecule has 1 heterocycles. The highest BCUT2D eigenvalue weighted by Gasteiger charge is 2.22. The van der Waals surface area contributed by atoms with Crippen LogP contribution in [0.1, 0.15) is 43.7 Å². The SMILES string of the molecule is CCOc1cc(Cc2cnc(N)nc2N)cc(OC2CCCC2)c1-c1cccc(N)c1. The Morgan fingerprint density at radius 3 is 2.52 bits per heavy atom. The summed E-state index contributed by atoms with van der Waals surface area (Å²) in [6.07, 6.45) is 6.92. The highest BCUT2D eigenvalue weighted by molar-refractivity contribution is 5.79. The van der Waals surface area contributed by atoms with Crippen LogP contribution in [0.4, 0.5) is 17.5 Å². The molecule has 0 amide bonds. The standard InChI is InChI=1S/C24H29N5O2/c1-2-30-20-11-15(10-17-14-28-24(27)29-23(17)26)12-21(31-19-8-3-4-9-19)22(20)16-6-5-7-18(25)13-16/h5-7,11-14,19H,2-4,8-10,25H2,1H3,(H4,26,27,28,29). The maximum atomic E-state index is 6.51. The number of hydrogen-bond acceptors (Lipinski definition) is 7. The van der Waals surface area contributed by atoms with Crippen molar-refractivity contribution in [2.24, 2.45) is 0 Å². The first kappa shape index (κ1) is 20.8. The minimum Gasteiger partial charge on any atom is -0.493 e. The summed E-state index contributed by atoms with van der Waals surface area (Å²) in [7, 11) is 0. The highest BCUT2D eigenvalue weighted by atomic mass is 16.5. The van der Waals surface area contributed by atoms with Crippen molar-refractivity contribution in [2.75, 3.05) is 23.8 Å². The normalized spacial score (nSPS) is 14.0. The van der Waals surface area contributed by atoms with E-state index in [9.17, 15) is 0 Å². The van der Waals surface area contributed by atoms with E-state index in [1.54, 1.807) is 6.20 Å². The van der Waals surface area contributed by atoms with Gasteiger partial charge in [0, 0.05) is 23.9 Å². The zero-order chi connectivity index (χ0) is 21.8. The zero-order valence-corrected chi connectivity index (χ0v) is 17.8. The van der Waals surface area contributed by atoms with Gasteiger partial charge < -0.3 is 26.7 Å². The van der Waals surface area contributed by atoms with Gasteiger partial charge in [-0.05, 0) is 68.0 Å². The molecule has 1 aliphatic rings. The lowest BCUT2D eigenvalue weighted by atomic mass is 9.98. The van der Waals surface area contributed by atoms with Crippen molar-refractivity contribution >= 4 is 17.5 Å². The van der Waals surface area contributed by atoms with Crippen LogP contribution < -0.4 is 26.7 Å². The van der Waals surface area contributed by atoms with E-state index in [1.807, 2.05) is 37.3 Å². The van der Waals surface area contributed by atoms with Crippen LogP contribution in [0.15, 0.2) is 42.6 Å². The van der Waals surface area contributed by atoms with Gasteiger partial charge in [-0.3, -0.25) is 0 Å². The van der Waals surface area contributed by atoms with E-state index in [4.69, 9.17) is 26.7 Å². The third kappa shape index (κ3) is 4.82. The minimum atomic E-state index is 0.165. The smallest absolute Gasteiger partial charge is 0.221 e. The molecule has 162 valence electrons. The molecule has 0 aliphatic heterocycles. The van der Waals surface area contributed by atoms with Crippen LogP contribution in [0.3, 0.4) is 0 Å². The summed E-state index contributed by atoms with van der Waals surface area (Å²) in [4.78, 5) is 8.16. The van der Waals surface area contributed by atoms with E-state index in [-0.39, 0.29) is 12.1 Å². The van der Waals surface area contributed by atoms with E-state index < -0.39 is 0 Å². The minimum absolute atomic E-state index is 0.165. The van der Waals surface area contributed by atoms with E-state index in [0.29, 0.717) is 24.5 Å². The third-order valence-corrected chi connectivity index (χ3v) is 5.51. The van der Waals surface area contributed by atoms with Crippen LogP contribution in [0.25, 0.3) is 11.1 Å². The Morgan fingerprint density at radius 1 is 1.03 bits per heavy atom. The van der Waals surface area contributed by atoms with Crippen molar-refractivity contribution in [3.8, 4) is 22.6 Å². The molecule has 1 aliphatic carbocycles. The Hall–Kier alpha value is -3.48. The number of rotatable bonds is 7. The Kier molecular flexibility index (Phi) is 6.11. The van der Waals surface area contributed by atoms with E-state index in [1.165, 1.54) is 12.8 Å². The zero-order valence-electron chi connectivity index (χ0n) is 17.8. The molecule has 7 nitrogen and oxygen atoms in total. The predicted octanol–water partition coefficient (Wildman–Crippen LogP) is 4.20. The molecule has 1 aromatic heterocycles. The maximum Gasteiger partial charge on any atom is 0.221 e. The molecule has 0 spiro atoms. The monoisotopic (exact) mass is 419 g/mol. The molecular formula is C24H29N5O2. The largest absolute Gasteiger partial charge is 0.493 e. The Labute approximate surface area is 182 Å². The highest BCUT2D eigenvalue weighted by Crippen LogP contribution is 2.42. The molecule has 31 heavy (non-hydrogen) atoms. The van der Waals surface area contributed by atoms with Gasteiger partial charge in [0.05, 0.1) is 18.3 Å². The number of ether oxygens (including phenoxy) is 2. The van der Waals surface area contributed by atoms with Crippen molar-refractivity contribution in [1.82, 2.24) is 9.97 Å². The lowest BCUT2D eigenvalue weighted by Gasteiger charge is -2.21. The van der Waals surface area contributed by atoms with Gasteiger partial charge in [0.25, 0.3) is 0 Å². The maximum absolute atomic E-state index is 6.51. The molecule has 2 aromatic carbocycles. The first-order chi connectivity index (χ1) is 15.0. The van der Waals surface area contributed by atoms with Crippen molar-refractivity contribution in [2.45, 2.75) is 45.1 Å². The van der Waals surface area contributed by atoms with Crippen molar-refractivity contribution < 1.29 is 9.47 Å². The third-order valence-electron chi connectivity index (χ3n) is 5.51. The molecule has 3 aromatic rings. The van der Waals surface area contributed by atoms with Gasteiger partial charge >= 0.3 is 0 Å². The fourth-order valence-corrected chi connectivity index (χ4v) is 4.06. The van der Waals surface area contributed by atoms with Crippen molar-refractivity contribution in [3.05, 3.63) is 53.7 Å². The lowest BCUT2D eigenvalue weighted by molar-refractivity contribution is 0.209.